The van der Waals surface area contributed by atoms with Gasteiger partial charge in [0, 0.05) is 45.0 Å². The van der Waals surface area contributed by atoms with E-state index in [1.54, 1.807) is 0 Å². The van der Waals surface area contributed by atoms with Crippen LogP contribution in [0.3, 0.4) is 0 Å². The number of piperazine rings is 1. The fourth-order valence-corrected chi connectivity index (χ4v) is 2.15. The average molecular weight is 280 g/mol. The topological polar surface area (TPSA) is 99.8 Å². The minimum absolute atomic E-state index is 0.0308. The second-order valence-electron chi connectivity index (χ2n) is 4.60. The average Bonchev–Trinajstić information content (AvgIpc) is 2.46. The van der Waals surface area contributed by atoms with Gasteiger partial charge < -0.3 is 10.0 Å². The Morgan fingerprint density at radius 1 is 1.40 bits per heavy atom. The molecule has 1 aliphatic rings. The third-order valence-electron chi connectivity index (χ3n) is 3.28. The molecule has 0 bridgehead atoms. The van der Waals surface area contributed by atoms with Gasteiger partial charge in [-0.3, -0.25) is 19.8 Å². The van der Waals surface area contributed by atoms with Crippen molar-refractivity contribution in [2.45, 2.75) is 6.42 Å². The summed E-state index contributed by atoms with van der Waals surface area (Å²) in [5, 5.41) is 19.4. The van der Waals surface area contributed by atoms with Crippen LogP contribution in [0.1, 0.15) is 6.42 Å². The molecule has 1 aliphatic heterocycles. The second-order valence-corrected chi connectivity index (χ2v) is 4.60. The van der Waals surface area contributed by atoms with E-state index in [0.29, 0.717) is 25.5 Å². The number of hydrogen-bond donors (Lipinski definition) is 1. The van der Waals surface area contributed by atoms with Crippen molar-refractivity contribution in [2.75, 3.05) is 37.6 Å². The summed E-state index contributed by atoms with van der Waals surface area (Å²) < 4.78 is 0. The van der Waals surface area contributed by atoms with Crippen molar-refractivity contribution in [3.05, 3.63) is 28.4 Å². The van der Waals surface area contributed by atoms with Gasteiger partial charge in [-0.05, 0) is 0 Å². The van der Waals surface area contributed by atoms with Crippen LogP contribution < -0.4 is 4.90 Å². The minimum atomic E-state index is -0.798. The quantitative estimate of drug-likeness (QED) is 0.622. The van der Waals surface area contributed by atoms with E-state index in [2.05, 4.69) is 9.88 Å². The first-order valence-electron chi connectivity index (χ1n) is 6.36. The molecule has 8 heteroatoms. The van der Waals surface area contributed by atoms with Gasteiger partial charge in [-0.25, -0.2) is 4.98 Å². The highest BCUT2D eigenvalue weighted by atomic mass is 16.6. The van der Waals surface area contributed by atoms with Gasteiger partial charge in [0.1, 0.15) is 5.82 Å². The largest absolute Gasteiger partial charge is 0.481 e. The number of nitro groups is 1. The molecule has 1 aromatic rings. The van der Waals surface area contributed by atoms with Crippen molar-refractivity contribution in [2.24, 2.45) is 0 Å². The molecule has 2 heterocycles. The smallest absolute Gasteiger partial charge is 0.304 e. The third-order valence-corrected chi connectivity index (χ3v) is 3.28. The zero-order valence-corrected chi connectivity index (χ0v) is 10.9. The molecule has 2 rings (SSSR count). The lowest BCUT2D eigenvalue weighted by Gasteiger charge is -2.35. The normalized spacial score (nSPS) is 16.1. The summed E-state index contributed by atoms with van der Waals surface area (Å²) >= 11 is 0. The number of rotatable bonds is 5. The molecule has 20 heavy (non-hydrogen) atoms. The maximum absolute atomic E-state index is 10.7. The molecule has 1 aromatic heterocycles. The molecule has 0 saturated carbocycles. The summed E-state index contributed by atoms with van der Waals surface area (Å²) in [6.07, 6.45) is 1.57. The van der Waals surface area contributed by atoms with E-state index in [0.717, 1.165) is 13.1 Å². The molecule has 108 valence electrons. The highest BCUT2D eigenvalue weighted by Gasteiger charge is 2.19. The van der Waals surface area contributed by atoms with E-state index >= 15 is 0 Å². The van der Waals surface area contributed by atoms with E-state index < -0.39 is 10.9 Å². The molecule has 0 radical (unpaired) electrons. The lowest BCUT2D eigenvalue weighted by Crippen LogP contribution is -2.47. The van der Waals surface area contributed by atoms with Crippen LogP contribution in [-0.4, -0.2) is 58.6 Å². The number of hydrogen-bond acceptors (Lipinski definition) is 6. The van der Waals surface area contributed by atoms with Gasteiger partial charge in [-0.2, -0.15) is 0 Å². The van der Waals surface area contributed by atoms with Gasteiger partial charge in [0.05, 0.1) is 17.4 Å². The van der Waals surface area contributed by atoms with Crippen LogP contribution in [0.4, 0.5) is 11.5 Å². The molecule has 1 fully saturated rings. The molecule has 0 atom stereocenters. The number of nitrogens with zero attached hydrogens (tertiary/aromatic N) is 4. The van der Waals surface area contributed by atoms with Crippen LogP contribution in [0.2, 0.25) is 0 Å². The second kappa shape index (κ2) is 6.29. The summed E-state index contributed by atoms with van der Waals surface area (Å²) in [5.74, 6) is -0.204. The van der Waals surface area contributed by atoms with Crippen LogP contribution >= 0.6 is 0 Å². The molecule has 0 amide bonds. The molecule has 1 N–H and O–H groups in total. The maximum Gasteiger partial charge on any atom is 0.304 e. The number of pyridine rings is 1. The fraction of sp³-hybridized carbons (Fsp3) is 0.500. The summed E-state index contributed by atoms with van der Waals surface area (Å²) in [4.78, 5) is 29.0. The number of carboxylic acid groups (broad SMARTS) is 1. The van der Waals surface area contributed by atoms with E-state index in [9.17, 15) is 14.9 Å². The van der Waals surface area contributed by atoms with E-state index in [-0.39, 0.29) is 12.1 Å². The Morgan fingerprint density at radius 2 is 2.10 bits per heavy atom. The van der Waals surface area contributed by atoms with Crippen LogP contribution in [0, 0.1) is 10.1 Å². The van der Waals surface area contributed by atoms with Gasteiger partial charge in [-0.15, -0.1) is 0 Å². The number of aromatic nitrogens is 1. The predicted octanol–water partition coefficient (Wildman–Crippen LogP) is 0.587. The zero-order valence-electron chi connectivity index (χ0n) is 10.9. The van der Waals surface area contributed by atoms with Gasteiger partial charge in [-0.1, -0.05) is 0 Å². The molecule has 0 unspecified atom stereocenters. The van der Waals surface area contributed by atoms with E-state index in [4.69, 9.17) is 5.11 Å². The molecular weight excluding hydrogens is 264 g/mol. The van der Waals surface area contributed by atoms with Gasteiger partial charge >= 0.3 is 5.97 Å². The van der Waals surface area contributed by atoms with Crippen molar-refractivity contribution in [3.8, 4) is 0 Å². The maximum atomic E-state index is 10.7. The Hall–Kier alpha value is -2.22. The Balaban J connectivity index is 1.92. The predicted molar refractivity (Wildman–Crippen MR) is 71.8 cm³/mol. The Bertz CT molecular complexity index is 500. The van der Waals surface area contributed by atoms with Crippen LogP contribution in [0.15, 0.2) is 18.3 Å². The summed E-state index contributed by atoms with van der Waals surface area (Å²) in [6.45, 7) is 3.38. The van der Waals surface area contributed by atoms with Crippen molar-refractivity contribution >= 4 is 17.5 Å². The molecule has 8 nitrogen and oxygen atoms in total. The first kappa shape index (κ1) is 14.2. The van der Waals surface area contributed by atoms with Crippen molar-refractivity contribution in [3.63, 3.8) is 0 Å². The van der Waals surface area contributed by atoms with Crippen molar-refractivity contribution < 1.29 is 14.8 Å². The Morgan fingerprint density at radius 3 is 2.70 bits per heavy atom. The highest BCUT2D eigenvalue weighted by molar-refractivity contribution is 5.66. The highest BCUT2D eigenvalue weighted by Crippen LogP contribution is 2.19. The molecule has 1 saturated heterocycles. The number of carboxylic acids is 1. The summed E-state index contributed by atoms with van der Waals surface area (Å²) in [6, 6.07) is 2.83. The standard InChI is InChI=1S/C12H16N4O4/c17-12(18)2-4-14-5-7-15(8-6-14)11-9-10(16(19)20)1-3-13-11/h1,3,9H,2,4-8H2,(H,17,18). The fourth-order valence-electron chi connectivity index (χ4n) is 2.15. The van der Waals surface area contributed by atoms with Gasteiger partial charge in [0.2, 0.25) is 0 Å². The molecule has 0 aliphatic carbocycles. The van der Waals surface area contributed by atoms with Crippen molar-refractivity contribution in [1.82, 2.24) is 9.88 Å². The number of anilines is 1. The first-order chi connectivity index (χ1) is 9.56. The lowest BCUT2D eigenvalue weighted by atomic mass is 10.2. The summed E-state index contributed by atoms with van der Waals surface area (Å²) in [7, 11) is 0. The van der Waals surface area contributed by atoms with Gasteiger partial charge in [0.15, 0.2) is 0 Å². The van der Waals surface area contributed by atoms with E-state index in [1.165, 1.54) is 18.3 Å². The minimum Gasteiger partial charge on any atom is -0.481 e. The Kier molecular flexibility index (Phi) is 4.46. The van der Waals surface area contributed by atoms with E-state index in [1.807, 2.05) is 4.90 Å². The number of carbonyl (C=O) groups is 1. The van der Waals surface area contributed by atoms with Crippen LogP contribution in [0.25, 0.3) is 0 Å². The Labute approximate surface area is 115 Å². The third kappa shape index (κ3) is 3.64. The molecule has 0 aromatic carbocycles. The zero-order chi connectivity index (χ0) is 14.5. The van der Waals surface area contributed by atoms with Crippen LogP contribution in [-0.2, 0) is 4.79 Å². The molecular formula is C12H16N4O4. The van der Waals surface area contributed by atoms with Crippen LogP contribution in [0.5, 0.6) is 0 Å². The van der Waals surface area contributed by atoms with Gasteiger partial charge in [0.25, 0.3) is 5.69 Å². The van der Waals surface area contributed by atoms with Crippen molar-refractivity contribution in [1.29, 1.82) is 0 Å². The first-order valence-corrected chi connectivity index (χ1v) is 6.36. The number of aliphatic carboxylic acids is 1. The summed E-state index contributed by atoms with van der Waals surface area (Å²) in [5.41, 5.74) is 0.0308. The monoisotopic (exact) mass is 280 g/mol. The molecule has 0 spiro atoms. The lowest BCUT2D eigenvalue weighted by molar-refractivity contribution is -0.384. The SMILES string of the molecule is O=C(O)CCN1CCN(c2cc([N+](=O)[O-])ccn2)CC1.